The first-order valence-corrected chi connectivity index (χ1v) is 10.9. The average molecular weight is 375 g/mol. The van der Waals surface area contributed by atoms with E-state index in [-0.39, 0.29) is 18.4 Å². The van der Waals surface area contributed by atoms with E-state index < -0.39 is 9.84 Å². The minimum absolute atomic E-state index is 0.0473. The van der Waals surface area contributed by atoms with Gasteiger partial charge in [-0.1, -0.05) is 43.5 Å². The highest BCUT2D eigenvalue weighted by Crippen LogP contribution is 2.30. The molecular formula is C20H26N2O3S. The van der Waals surface area contributed by atoms with Gasteiger partial charge in [0.05, 0.1) is 28.1 Å². The number of nitrogens with zero attached hydrogens (tertiary/aromatic N) is 2. The number of rotatable bonds is 7. The molecule has 0 saturated heterocycles. The number of hydrogen-bond donors (Lipinski definition) is 1. The monoisotopic (exact) mass is 374 g/mol. The van der Waals surface area contributed by atoms with Gasteiger partial charge in [-0.3, -0.25) is 4.68 Å². The zero-order valence-corrected chi connectivity index (χ0v) is 15.7. The van der Waals surface area contributed by atoms with E-state index in [4.69, 9.17) is 5.11 Å². The van der Waals surface area contributed by atoms with E-state index in [0.717, 1.165) is 37.1 Å². The van der Waals surface area contributed by atoms with Gasteiger partial charge in [0.2, 0.25) is 0 Å². The van der Waals surface area contributed by atoms with Crippen molar-refractivity contribution in [3.8, 4) is 0 Å². The fraction of sp³-hybridized carbons (Fsp3) is 0.450. The van der Waals surface area contributed by atoms with E-state index in [2.05, 4.69) is 5.10 Å². The number of aliphatic hydroxyl groups is 1. The van der Waals surface area contributed by atoms with Crippen LogP contribution < -0.4 is 0 Å². The highest BCUT2D eigenvalue weighted by Gasteiger charge is 2.23. The molecule has 0 unspecified atom stereocenters. The van der Waals surface area contributed by atoms with Crippen molar-refractivity contribution in [3.63, 3.8) is 0 Å². The summed E-state index contributed by atoms with van der Waals surface area (Å²) in [6.07, 6.45) is 9.92. The van der Waals surface area contributed by atoms with Gasteiger partial charge < -0.3 is 5.11 Å². The summed E-state index contributed by atoms with van der Waals surface area (Å²) < 4.78 is 27.6. The fourth-order valence-electron chi connectivity index (χ4n) is 3.47. The van der Waals surface area contributed by atoms with Gasteiger partial charge in [-0.15, -0.1) is 0 Å². The van der Waals surface area contributed by atoms with Crippen LogP contribution in [0.5, 0.6) is 0 Å². The molecule has 1 fully saturated rings. The first-order chi connectivity index (χ1) is 12.6. The number of hydrogen-bond acceptors (Lipinski definition) is 4. The van der Waals surface area contributed by atoms with E-state index in [9.17, 15) is 8.42 Å². The first-order valence-electron chi connectivity index (χ1n) is 9.24. The van der Waals surface area contributed by atoms with Crippen LogP contribution in [0, 0.1) is 0 Å². The molecule has 6 heteroatoms. The molecule has 1 aromatic carbocycles. The summed E-state index contributed by atoms with van der Waals surface area (Å²) in [6, 6.07) is 10.7. The third-order valence-corrected chi connectivity index (χ3v) is 6.44. The standard InChI is InChI=1S/C20H26N2O3S/c23-14-8-7-9-17-15-19(22(21-17)18-10-3-1-4-11-18)16-26(24,25)20-12-5-2-6-13-20/h2,5-7,9,12-13,15,18,23H,1,3-4,8,10-11,14,16H2. The maximum absolute atomic E-state index is 12.8. The van der Waals surface area contributed by atoms with Crippen LogP contribution in [0.2, 0.25) is 0 Å². The van der Waals surface area contributed by atoms with Crippen molar-refractivity contribution < 1.29 is 13.5 Å². The second-order valence-corrected chi connectivity index (χ2v) is 8.77. The lowest BCUT2D eigenvalue weighted by molar-refractivity contribution is 0.303. The van der Waals surface area contributed by atoms with Gasteiger partial charge in [0.25, 0.3) is 0 Å². The molecule has 0 atom stereocenters. The predicted octanol–water partition coefficient (Wildman–Crippen LogP) is 3.76. The topological polar surface area (TPSA) is 72.2 Å². The molecule has 1 aromatic heterocycles. The molecule has 0 bridgehead atoms. The van der Waals surface area contributed by atoms with E-state index in [0.29, 0.717) is 11.3 Å². The zero-order valence-electron chi connectivity index (χ0n) is 14.9. The minimum Gasteiger partial charge on any atom is -0.396 e. The average Bonchev–Trinajstić information content (AvgIpc) is 3.05. The molecule has 0 amide bonds. The molecule has 2 aromatic rings. The molecule has 1 aliphatic carbocycles. The summed E-state index contributed by atoms with van der Waals surface area (Å²) in [5.74, 6) is -0.0473. The maximum atomic E-state index is 12.8. The van der Waals surface area contributed by atoms with E-state index in [1.165, 1.54) is 6.42 Å². The fourth-order valence-corrected chi connectivity index (χ4v) is 4.81. The summed E-state index contributed by atoms with van der Waals surface area (Å²) in [5, 5.41) is 13.6. The van der Waals surface area contributed by atoms with Crippen LogP contribution in [-0.2, 0) is 15.6 Å². The Bertz CT molecular complexity index is 835. The Morgan fingerprint density at radius 2 is 1.88 bits per heavy atom. The summed E-state index contributed by atoms with van der Waals surface area (Å²) in [7, 11) is -3.41. The smallest absolute Gasteiger partial charge is 0.184 e. The quantitative estimate of drug-likeness (QED) is 0.801. The number of aliphatic hydroxyl groups excluding tert-OH is 1. The van der Waals surface area contributed by atoms with Gasteiger partial charge in [0.15, 0.2) is 9.84 Å². The van der Waals surface area contributed by atoms with E-state index >= 15 is 0 Å². The van der Waals surface area contributed by atoms with E-state index in [1.54, 1.807) is 24.3 Å². The third-order valence-electron chi connectivity index (χ3n) is 4.78. The molecule has 26 heavy (non-hydrogen) atoms. The Balaban J connectivity index is 1.90. The van der Waals surface area contributed by atoms with Crippen molar-refractivity contribution in [1.82, 2.24) is 9.78 Å². The summed E-state index contributed by atoms with van der Waals surface area (Å²) >= 11 is 0. The Kier molecular flexibility index (Phi) is 6.27. The molecule has 1 aliphatic rings. The second-order valence-electron chi connectivity index (χ2n) is 6.78. The Morgan fingerprint density at radius 3 is 2.58 bits per heavy atom. The van der Waals surface area contributed by atoms with E-state index in [1.807, 2.05) is 29.0 Å². The lowest BCUT2D eigenvalue weighted by Crippen LogP contribution is -2.18. The largest absolute Gasteiger partial charge is 0.396 e. The molecule has 1 N–H and O–H groups in total. The minimum atomic E-state index is -3.41. The van der Waals surface area contributed by atoms with Crippen molar-refractivity contribution in [2.24, 2.45) is 0 Å². The number of benzene rings is 1. The highest BCUT2D eigenvalue weighted by atomic mass is 32.2. The van der Waals surface area contributed by atoms with Crippen molar-refractivity contribution in [1.29, 1.82) is 0 Å². The van der Waals surface area contributed by atoms with Crippen LogP contribution in [-0.4, -0.2) is 29.9 Å². The molecule has 3 rings (SSSR count). The molecule has 1 saturated carbocycles. The zero-order chi connectivity index (χ0) is 18.4. The van der Waals surface area contributed by atoms with Crippen molar-refractivity contribution in [3.05, 3.63) is 53.9 Å². The van der Waals surface area contributed by atoms with Gasteiger partial charge in [0.1, 0.15) is 0 Å². The van der Waals surface area contributed by atoms with Crippen LogP contribution in [0.3, 0.4) is 0 Å². The van der Waals surface area contributed by atoms with Gasteiger partial charge in [-0.25, -0.2) is 8.42 Å². The number of sulfone groups is 1. The van der Waals surface area contributed by atoms with Crippen molar-refractivity contribution in [2.45, 2.75) is 55.2 Å². The highest BCUT2D eigenvalue weighted by molar-refractivity contribution is 7.90. The second kappa shape index (κ2) is 8.64. The molecule has 0 radical (unpaired) electrons. The molecular weight excluding hydrogens is 348 g/mol. The van der Waals surface area contributed by atoms with Crippen LogP contribution >= 0.6 is 0 Å². The van der Waals surface area contributed by atoms with Gasteiger partial charge in [0, 0.05) is 6.61 Å². The summed E-state index contributed by atoms with van der Waals surface area (Å²) in [5.41, 5.74) is 1.49. The van der Waals surface area contributed by atoms with Gasteiger partial charge in [-0.05, 0) is 43.5 Å². The third kappa shape index (κ3) is 4.62. The summed E-state index contributed by atoms with van der Waals surface area (Å²) in [6.45, 7) is 0.0923. The Labute approximate surface area is 155 Å². The first kappa shape index (κ1) is 18.9. The molecule has 0 spiro atoms. The van der Waals surface area contributed by atoms with Crippen molar-refractivity contribution in [2.75, 3.05) is 6.61 Å². The predicted molar refractivity (Wildman–Crippen MR) is 102 cm³/mol. The Morgan fingerprint density at radius 1 is 1.15 bits per heavy atom. The summed E-state index contributed by atoms with van der Waals surface area (Å²) in [4.78, 5) is 0.341. The van der Waals surface area contributed by atoms with Crippen molar-refractivity contribution >= 4 is 15.9 Å². The molecule has 1 heterocycles. The van der Waals surface area contributed by atoms with Crippen LogP contribution in [0.4, 0.5) is 0 Å². The van der Waals surface area contributed by atoms with Gasteiger partial charge in [-0.2, -0.15) is 5.10 Å². The van der Waals surface area contributed by atoms with Gasteiger partial charge >= 0.3 is 0 Å². The molecule has 0 aliphatic heterocycles. The molecule has 140 valence electrons. The lowest BCUT2D eigenvalue weighted by atomic mass is 9.95. The molecule has 5 nitrogen and oxygen atoms in total. The van der Waals surface area contributed by atoms with Crippen LogP contribution in [0.25, 0.3) is 6.08 Å². The van der Waals surface area contributed by atoms with Crippen LogP contribution in [0.1, 0.15) is 56.0 Å². The lowest BCUT2D eigenvalue weighted by Gasteiger charge is -2.24. The maximum Gasteiger partial charge on any atom is 0.184 e. The Hall–Kier alpha value is -1.92. The number of aromatic nitrogens is 2. The normalized spacial score (nSPS) is 16.3. The van der Waals surface area contributed by atoms with Crippen LogP contribution in [0.15, 0.2) is 47.4 Å². The SMILES string of the molecule is O=S(=O)(Cc1cc(C=CCCO)nn1C1CCCCC1)c1ccccc1.